The Balaban J connectivity index is 0.856. The molecular formula is C60H54N24O16S2. The molecule has 0 fully saturated rings. The van der Waals surface area contributed by atoms with Crippen molar-refractivity contribution >= 4 is 150 Å². The van der Waals surface area contributed by atoms with Gasteiger partial charge in [-0.15, -0.1) is 40.9 Å². The van der Waals surface area contributed by atoms with Gasteiger partial charge in [-0.3, -0.25) is 0 Å². The number of aromatic nitrogens is 14. The number of nitrogens with zero attached hydrogens (tertiary/aromatic N) is 18. The largest absolute Gasteiger partial charge is 0.478 e. The summed E-state index contributed by atoms with van der Waals surface area (Å²) in [6.07, 6.45) is 2.16. The maximum Gasteiger partial charge on any atom is 0.335 e. The number of unbranched alkanes of at least 4 members (excludes halogenated alkanes) is 1. The van der Waals surface area contributed by atoms with Crippen molar-refractivity contribution in [1.82, 2.24) is 69.9 Å². The van der Waals surface area contributed by atoms with Gasteiger partial charge in [-0.2, -0.15) is 49.5 Å². The zero-order valence-corrected chi connectivity index (χ0v) is 55.3. The van der Waals surface area contributed by atoms with E-state index >= 15 is 0 Å². The van der Waals surface area contributed by atoms with E-state index in [0.717, 1.165) is 105 Å². The number of anilines is 10. The number of carboxylic acid groups (broad SMARTS) is 8. The van der Waals surface area contributed by atoms with Crippen LogP contribution in [0.4, 0.5) is 79.8 Å². The van der Waals surface area contributed by atoms with Crippen LogP contribution >= 0.6 is 22.7 Å². The summed E-state index contributed by atoms with van der Waals surface area (Å²) in [6, 6.07) is 12.7. The number of benzene rings is 4. The molecule has 0 aliphatic rings. The normalized spacial score (nSPS) is 11.6. The van der Waals surface area contributed by atoms with Crippen molar-refractivity contribution in [1.29, 1.82) is 0 Å². The van der Waals surface area contributed by atoms with Crippen molar-refractivity contribution < 1.29 is 79.2 Å². The lowest BCUT2D eigenvalue weighted by molar-refractivity contribution is 0.0676. The van der Waals surface area contributed by atoms with Crippen LogP contribution in [0.2, 0.25) is 0 Å². The Labute approximate surface area is 578 Å². The number of aromatic carboxylic acids is 8. The summed E-state index contributed by atoms with van der Waals surface area (Å²) in [5.74, 6) is -13.9. The second-order valence-electron chi connectivity index (χ2n) is 23.8. The zero-order chi connectivity index (χ0) is 73.8. The van der Waals surface area contributed by atoms with Gasteiger partial charge in [0.05, 0.1) is 55.9 Å². The van der Waals surface area contributed by atoms with Crippen molar-refractivity contribution in [3.63, 3.8) is 0 Å². The number of nitrogen functional groups attached to an aromatic ring is 2. The molecule has 0 saturated heterocycles. The molecule has 6 aromatic heterocycles. The molecule has 0 radical (unpaired) electrons. The third-order valence-electron chi connectivity index (χ3n) is 14.0. The number of rotatable bonds is 27. The predicted molar refractivity (Wildman–Crippen MR) is 360 cm³/mol. The molecule has 10 rings (SSSR count). The fraction of sp³-hybridized carbons (Fsp3) is 0.200. The second-order valence-corrected chi connectivity index (χ2v) is 25.8. The van der Waals surface area contributed by atoms with Crippen LogP contribution in [0.15, 0.2) is 93.3 Å². The fourth-order valence-corrected chi connectivity index (χ4v) is 10.7. The maximum atomic E-state index is 12.0. The van der Waals surface area contributed by atoms with Gasteiger partial charge >= 0.3 is 47.8 Å². The van der Waals surface area contributed by atoms with Crippen LogP contribution in [0.5, 0.6) is 0 Å². The van der Waals surface area contributed by atoms with E-state index in [1.807, 2.05) is 41.5 Å². The van der Waals surface area contributed by atoms with Crippen LogP contribution in [-0.4, -0.2) is 158 Å². The van der Waals surface area contributed by atoms with Gasteiger partial charge in [0.2, 0.25) is 23.8 Å². The fourth-order valence-electron chi connectivity index (χ4n) is 9.31. The van der Waals surface area contributed by atoms with Crippen molar-refractivity contribution in [2.45, 2.75) is 78.1 Å². The summed E-state index contributed by atoms with van der Waals surface area (Å²) in [5.41, 5.74) is 9.09. The lowest BCUT2D eigenvalue weighted by Gasteiger charge is -2.15. The lowest BCUT2D eigenvalue weighted by Crippen LogP contribution is -2.15. The molecule has 0 aliphatic carbocycles. The minimum atomic E-state index is -1.44. The van der Waals surface area contributed by atoms with E-state index in [2.05, 4.69) is 92.0 Å². The van der Waals surface area contributed by atoms with Gasteiger partial charge in [-0.25, -0.2) is 38.4 Å². The number of carbonyl (C=O) groups is 8. The van der Waals surface area contributed by atoms with Gasteiger partial charge < -0.3 is 73.6 Å². The zero-order valence-electron chi connectivity index (χ0n) is 53.6. The SMILES string of the molecule is CC(C)(C)c1nn(-c2nc(Nc3cc(C(=O)O)cc(C(=O)O)c3)nc(Nc3cc(C(=O)O)cc(C(=O)O)c3)n2)c(N)c1N=Nc1nnc(CCCCc2nnc(N=Nc3c(C(C)(C)C)nn(-c4nc(Nc5cc(C(=O)O)cc(C(=O)O)c5)nc(Nc5cc(C(=O)O)cc(C(=O)O)c5)n4)c3N)s2)s1. The molecule has 16 N–H and O–H groups in total. The van der Waals surface area contributed by atoms with E-state index in [4.69, 9.17) is 21.7 Å². The highest BCUT2D eigenvalue weighted by atomic mass is 32.1. The van der Waals surface area contributed by atoms with Crippen LogP contribution in [0.3, 0.4) is 0 Å². The summed E-state index contributed by atoms with van der Waals surface area (Å²) in [6.45, 7) is 10.9. The Bertz CT molecular complexity index is 4510. The Morgan fingerprint density at radius 1 is 0.382 bits per heavy atom. The third-order valence-corrected chi connectivity index (χ3v) is 15.7. The molecule has 0 bridgehead atoms. The third kappa shape index (κ3) is 16.8. The highest BCUT2D eigenvalue weighted by Gasteiger charge is 2.31. The number of nitrogens with one attached hydrogen (secondary N) is 4. The average Bonchev–Trinajstić information content (AvgIpc) is 1.62. The summed E-state index contributed by atoms with van der Waals surface area (Å²) in [5, 5.41) is 134. The van der Waals surface area contributed by atoms with Crippen molar-refractivity contribution in [2.24, 2.45) is 20.5 Å². The van der Waals surface area contributed by atoms with E-state index in [1.54, 1.807) is 0 Å². The Morgan fingerprint density at radius 3 is 0.853 bits per heavy atom. The first kappa shape index (κ1) is 71.0. The highest BCUT2D eigenvalue weighted by Crippen LogP contribution is 2.40. The lowest BCUT2D eigenvalue weighted by atomic mass is 9.91. The first-order valence-electron chi connectivity index (χ1n) is 29.5. The first-order chi connectivity index (χ1) is 48.1. The summed E-state index contributed by atoms with van der Waals surface area (Å²) >= 11 is 2.30. The summed E-state index contributed by atoms with van der Waals surface area (Å²) in [7, 11) is 0. The molecule has 10 aromatic rings. The van der Waals surface area contributed by atoms with Crippen molar-refractivity contribution in [3.05, 3.63) is 139 Å². The minimum Gasteiger partial charge on any atom is -0.478 e. The minimum absolute atomic E-state index is 0.0648. The Hall–Kier alpha value is -13.8. The van der Waals surface area contributed by atoms with Gasteiger partial charge in [0.25, 0.3) is 22.2 Å². The van der Waals surface area contributed by atoms with Gasteiger partial charge in [0.1, 0.15) is 10.0 Å². The average molecular weight is 1430 g/mol. The molecule has 0 aliphatic heterocycles. The molecule has 40 nitrogen and oxygen atoms in total. The van der Waals surface area contributed by atoms with Crippen molar-refractivity contribution in [2.75, 3.05) is 32.7 Å². The number of carboxylic acids is 8. The molecule has 0 saturated carbocycles. The number of azo groups is 2. The van der Waals surface area contributed by atoms with Crippen LogP contribution in [0.25, 0.3) is 11.9 Å². The van der Waals surface area contributed by atoms with Gasteiger partial charge in [-0.05, 0) is 85.6 Å². The maximum absolute atomic E-state index is 12.0. The van der Waals surface area contributed by atoms with E-state index in [-0.39, 0.29) is 103 Å². The Morgan fingerprint density at radius 2 is 0.627 bits per heavy atom. The van der Waals surface area contributed by atoms with Crippen LogP contribution in [-0.2, 0) is 23.7 Å². The topological polar surface area (TPSA) is 613 Å². The molecule has 6 heterocycles. The second kappa shape index (κ2) is 28.7. The van der Waals surface area contributed by atoms with Gasteiger partial charge in [0, 0.05) is 46.4 Å². The van der Waals surface area contributed by atoms with E-state index < -0.39 is 103 Å². The monoisotopic (exact) mass is 1430 g/mol. The molecular weight excluding hydrogens is 1380 g/mol. The van der Waals surface area contributed by atoms with E-state index in [9.17, 15) is 79.2 Å². The number of nitrogens with two attached hydrogens (primary N) is 2. The molecule has 522 valence electrons. The summed E-state index contributed by atoms with van der Waals surface area (Å²) < 4.78 is 2.18. The van der Waals surface area contributed by atoms with E-state index in [0.29, 0.717) is 35.7 Å². The molecule has 42 heteroatoms. The van der Waals surface area contributed by atoms with Gasteiger partial charge in [-0.1, -0.05) is 64.2 Å². The molecule has 0 amide bonds. The standard InChI is InChI=1S/C60H54N24O16S2/c1-59(2,3)39-37(41(61)83(81-39)55-69-51(63-31-15-23(43(85)86)11-24(16-31)44(87)88)67-52(70-55)64-32-17-25(45(89)90)12-26(18-32)46(91)92)75-79-57-77-73-35(101-57)9-7-8-10-36-74-78-58(102-36)80-76-38-40(60(4,5)6)82-84(42(38)62)56-71-53(65-33-19-27(47(93)94)13-28(20-33)48(95)96)68-54(72-56)66-34-21-29(49(97)98)14-30(22-34)50(99)100/h11-22H,7-10,61-62H2,1-6H3,(H,85,86)(H,87,88)(H,89,90)(H,91,92)(H,93,94)(H,95,96)(H,97,98)(H,99,100)(H2,63,64,67,69,70)(H2,65,66,68,71,72). The molecule has 0 unspecified atom stereocenters. The van der Waals surface area contributed by atoms with Crippen LogP contribution < -0.4 is 32.7 Å². The molecule has 102 heavy (non-hydrogen) atoms. The predicted octanol–water partition coefficient (Wildman–Crippen LogP) is 9.85. The highest BCUT2D eigenvalue weighted by molar-refractivity contribution is 7.15. The molecule has 0 atom stereocenters. The number of aryl methyl sites for hydroxylation is 2. The van der Waals surface area contributed by atoms with Crippen molar-refractivity contribution in [3.8, 4) is 11.9 Å². The van der Waals surface area contributed by atoms with Crippen LogP contribution in [0.1, 0.15) is 159 Å². The number of hydrogen-bond donors (Lipinski definition) is 14. The van der Waals surface area contributed by atoms with E-state index in [1.165, 1.54) is 0 Å². The first-order valence-corrected chi connectivity index (χ1v) is 31.1. The van der Waals surface area contributed by atoms with Gasteiger partial charge in [0.15, 0.2) is 23.0 Å². The van der Waals surface area contributed by atoms with Crippen LogP contribution in [0, 0.1) is 0 Å². The molecule has 4 aromatic carbocycles. The molecule has 0 spiro atoms. The number of hydrogen-bond acceptors (Lipinski definition) is 32. The summed E-state index contributed by atoms with van der Waals surface area (Å²) in [4.78, 5) is 122. The Kier molecular flexibility index (Phi) is 20.0. The quantitative estimate of drug-likeness (QED) is 0.0168. The smallest absolute Gasteiger partial charge is 0.335 e.